The van der Waals surface area contributed by atoms with E-state index in [0.717, 1.165) is 12.0 Å². The molecule has 0 radical (unpaired) electrons. The van der Waals surface area contributed by atoms with E-state index in [0.29, 0.717) is 23.7 Å². The van der Waals surface area contributed by atoms with Crippen LogP contribution in [0.1, 0.15) is 39.2 Å². The van der Waals surface area contributed by atoms with Crippen LogP contribution in [0, 0.1) is 5.41 Å². The minimum Gasteiger partial charge on any atom is -0.496 e. The molecule has 1 amide bonds. The first kappa shape index (κ1) is 17.8. The van der Waals surface area contributed by atoms with Crippen molar-refractivity contribution in [3.8, 4) is 5.75 Å². The van der Waals surface area contributed by atoms with Gasteiger partial charge in [-0.1, -0.05) is 38.4 Å². The first-order chi connectivity index (χ1) is 9.73. The molecule has 1 unspecified atom stereocenters. The molecule has 0 heterocycles. The van der Waals surface area contributed by atoms with E-state index in [1.54, 1.807) is 13.2 Å². The van der Waals surface area contributed by atoms with Crippen molar-refractivity contribution in [2.24, 2.45) is 11.1 Å². The SMILES string of the molecule is COc1cccc(Cl)c1CNC(=O)CC(N)CC(C)(C)C. The third kappa shape index (κ3) is 6.36. The fraction of sp³-hybridized carbons (Fsp3) is 0.562. The Morgan fingerprint density at radius 2 is 2.10 bits per heavy atom. The van der Waals surface area contributed by atoms with Gasteiger partial charge in [0.25, 0.3) is 0 Å². The molecule has 0 aliphatic rings. The van der Waals surface area contributed by atoms with Crippen LogP contribution in [0.4, 0.5) is 0 Å². The second-order valence-electron chi connectivity index (χ2n) is 6.43. The average Bonchev–Trinajstić information content (AvgIpc) is 2.34. The van der Waals surface area contributed by atoms with Crippen molar-refractivity contribution in [3.63, 3.8) is 0 Å². The number of nitrogens with two attached hydrogens (primary N) is 1. The Morgan fingerprint density at radius 3 is 2.67 bits per heavy atom. The first-order valence-electron chi connectivity index (χ1n) is 7.06. The lowest BCUT2D eigenvalue weighted by Crippen LogP contribution is -2.34. The van der Waals surface area contributed by atoms with Crippen LogP contribution in [-0.2, 0) is 11.3 Å². The molecule has 3 N–H and O–H groups in total. The van der Waals surface area contributed by atoms with Gasteiger partial charge in [0.1, 0.15) is 5.75 Å². The van der Waals surface area contributed by atoms with E-state index >= 15 is 0 Å². The van der Waals surface area contributed by atoms with Gasteiger partial charge in [0, 0.05) is 29.6 Å². The fourth-order valence-corrected chi connectivity index (χ4v) is 2.49. The Bertz CT molecular complexity index is 484. The van der Waals surface area contributed by atoms with Crippen LogP contribution in [0.5, 0.6) is 5.75 Å². The molecule has 118 valence electrons. The van der Waals surface area contributed by atoms with E-state index in [-0.39, 0.29) is 17.4 Å². The summed E-state index contributed by atoms with van der Waals surface area (Å²) in [6, 6.07) is 5.26. The van der Waals surface area contributed by atoms with Crippen molar-refractivity contribution in [2.75, 3.05) is 7.11 Å². The predicted octanol–water partition coefficient (Wildman–Crippen LogP) is 3.12. The van der Waals surface area contributed by atoms with Gasteiger partial charge < -0.3 is 15.8 Å². The maximum atomic E-state index is 11.9. The molecule has 0 bridgehead atoms. The predicted molar refractivity (Wildman–Crippen MR) is 86.5 cm³/mol. The maximum absolute atomic E-state index is 11.9. The molecule has 1 atom stereocenters. The molecular weight excluding hydrogens is 288 g/mol. The van der Waals surface area contributed by atoms with Crippen LogP contribution in [0.25, 0.3) is 0 Å². The summed E-state index contributed by atoms with van der Waals surface area (Å²) in [6.07, 6.45) is 1.11. The lowest BCUT2D eigenvalue weighted by atomic mass is 9.87. The average molecular weight is 313 g/mol. The van der Waals surface area contributed by atoms with Gasteiger partial charge in [-0.05, 0) is 24.0 Å². The van der Waals surface area contributed by atoms with Gasteiger partial charge in [0.15, 0.2) is 0 Å². The van der Waals surface area contributed by atoms with Gasteiger partial charge in [-0.2, -0.15) is 0 Å². The summed E-state index contributed by atoms with van der Waals surface area (Å²) in [5.74, 6) is 0.593. The summed E-state index contributed by atoms with van der Waals surface area (Å²) in [5.41, 5.74) is 6.90. The fourth-order valence-electron chi connectivity index (χ4n) is 2.26. The molecule has 0 spiro atoms. The lowest BCUT2D eigenvalue weighted by Gasteiger charge is -2.22. The number of hydrogen-bond acceptors (Lipinski definition) is 3. The highest BCUT2D eigenvalue weighted by Gasteiger charge is 2.18. The number of rotatable bonds is 6. The number of benzene rings is 1. The van der Waals surface area contributed by atoms with E-state index in [1.807, 2.05) is 12.1 Å². The molecule has 1 aromatic rings. The lowest BCUT2D eigenvalue weighted by molar-refractivity contribution is -0.121. The Hall–Kier alpha value is -1.26. The van der Waals surface area contributed by atoms with Crippen molar-refractivity contribution in [2.45, 2.75) is 46.2 Å². The molecule has 0 saturated carbocycles. The molecule has 21 heavy (non-hydrogen) atoms. The molecule has 0 aliphatic heterocycles. The molecular formula is C16H25ClN2O2. The van der Waals surface area contributed by atoms with Gasteiger partial charge in [0.2, 0.25) is 5.91 Å². The molecule has 0 fully saturated rings. The Kier molecular flexibility index (Phi) is 6.49. The molecule has 0 saturated heterocycles. The summed E-state index contributed by atoms with van der Waals surface area (Å²) in [6.45, 7) is 6.67. The van der Waals surface area contributed by atoms with Crippen LogP contribution < -0.4 is 15.8 Å². The third-order valence-electron chi connectivity index (χ3n) is 3.08. The summed E-state index contributed by atoms with van der Waals surface area (Å²) in [4.78, 5) is 11.9. The van der Waals surface area contributed by atoms with E-state index in [2.05, 4.69) is 26.1 Å². The van der Waals surface area contributed by atoms with Crippen LogP contribution in [-0.4, -0.2) is 19.1 Å². The summed E-state index contributed by atoms with van der Waals surface area (Å²) >= 11 is 6.13. The van der Waals surface area contributed by atoms with Crippen molar-refractivity contribution in [1.82, 2.24) is 5.32 Å². The molecule has 1 aromatic carbocycles. The number of nitrogens with one attached hydrogen (secondary N) is 1. The minimum atomic E-state index is -0.141. The summed E-state index contributed by atoms with van der Waals surface area (Å²) in [5, 5.41) is 3.43. The largest absolute Gasteiger partial charge is 0.496 e. The monoisotopic (exact) mass is 312 g/mol. The van der Waals surface area contributed by atoms with E-state index in [1.165, 1.54) is 0 Å². The zero-order valence-electron chi connectivity index (χ0n) is 13.2. The highest BCUT2D eigenvalue weighted by molar-refractivity contribution is 6.31. The number of carbonyl (C=O) groups is 1. The second-order valence-corrected chi connectivity index (χ2v) is 6.83. The number of amides is 1. The number of ether oxygens (including phenoxy) is 1. The maximum Gasteiger partial charge on any atom is 0.221 e. The van der Waals surface area contributed by atoms with Crippen molar-refractivity contribution >= 4 is 17.5 Å². The molecule has 1 rings (SSSR count). The van der Waals surface area contributed by atoms with Crippen molar-refractivity contribution < 1.29 is 9.53 Å². The molecule has 5 heteroatoms. The second kappa shape index (κ2) is 7.66. The van der Waals surface area contributed by atoms with Crippen molar-refractivity contribution in [3.05, 3.63) is 28.8 Å². The smallest absolute Gasteiger partial charge is 0.221 e. The van der Waals surface area contributed by atoms with Crippen molar-refractivity contribution in [1.29, 1.82) is 0 Å². The van der Waals surface area contributed by atoms with Crippen LogP contribution in [0.2, 0.25) is 5.02 Å². The van der Waals surface area contributed by atoms with Crippen LogP contribution in [0.15, 0.2) is 18.2 Å². The van der Waals surface area contributed by atoms with Gasteiger partial charge in [-0.3, -0.25) is 4.79 Å². The zero-order chi connectivity index (χ0) is 16.0. The van der Waals surface area contributed by atoms with E-state index in [9.17, 15) is 4.79 Å². The van der Waals surface area contributed by atoms with Gasteiger partial charge in [-0.25, -0.2) is 0 Å². The zero-order valence-corrected chi connectivity index (χ0v) is 14.0. The van der Waals surface area contributed by atoms with Gasteiger partial charge in [0.05, 0.1) is 7.11 Å². The Balaban J connectivity index is 2.54. The number of methoxy groups -OCH3 is 1. The first-order valence-corrected chi connectivity index (χ1v) is 7.44. The topological polar surface area (TPSA) is 64.3 Å². The highest BCUT2D eigenvalue weighted by Crippen LogP contribution is 2.26. The quantitative estimate of drug-likeness (QED) is 0.848. The molecule has 4 nitrogen and oxygen atoms in total. The van der Waals surface area contributed by atoms with E-state index < -0.39 is 0 Å². The third-order valence-corrected chi connectivity index (χ3v) is 3.43. The van der Waals surface area contributed by atoms with Gasteiger partial charge in [-0.15, -0.1) is 0 Å². The van der Waals surface area contributed by atoms with Crippen LogP contribution >= 0.6 is 11.6 Å². The number of hydrogen-bond donors (Lipinski definition) is 2. The summed E-state index contributed by atoms with van der Waals surface area (Å²) in [7, 11) is 1.58. The Morgan fingerprint density at radius 1 is 1.43 bits per heavy atom. The standard InChI is InChI=1S/C16H25ClN2O2/c1-16(2,3)9-11(18)8-15(20)19-10-12-13(17)6-5-7-14(12)21-4/h5-7,11H,8-10,18H2,1-4H3,(H,19,20). The van der Waals surface area contributed by atoms with Gasteiger partial charge >= 0.3 is 0 Å². The molecule has 0 aromatic heterocycles. The normalized spacial score (nSPS) is 12.9. The van der Waals surface area contributed by atoms with E-state index in [4.69, 9.17) is 22.1 Å². The van der Waals surface area contributed by atoms with Crippen LogP contribution in [0.3, 0.4) is 0 Å². The number of carbonyl (C=O) groups excluding carboxylic acids is 1. The molecule has 0 aliphatic carbocycles. The highest BCUT2D eigenvalue weighted by atomic mass is 35.5. The minimum absolute atomic E-state index is 0.0753. The number of halogens is 1. The Labute approximate surface area is 132 Å². The summed E-state index contributed by atoms with van der Waals surface area (Å²) < 4.78 is 5.24.